The van der Waals surface area contributed by atoms with E-state index in [1.165, 1.54) is 13.2 Å². The number of hydrogen-bond donors (Lipinski definition) is 2. The summed E-state index contributed by atoms with van der Waals surface area (Å²) in [6.45, 7) is 5.81. The predicted molar refractivity (Wildman–Crippen MR) is 95.9 cm³/mol. The molecule has 0 spiro atoms. The number of ether oxygens (including phenoxy) is 2. The highest BCUT2D eigenvalue weighted by molar-refractivity contribution is 5.97. The first-order chi connectivity index (χ1) is 11.9. The maximum absolute atomic E-state index is 12.5. The normalized spacial score (nSPS) is 19.6. The summed E-state index contributed by atoms with van der Waals surface area (Å²) in [6, 6.07) is 1.50. The van der Waals surface area contributed by atoms with Crippen LogP contribution in [0, 0.1) is 0 Å². The average Bonchev–Trinajstić information content (AvgIpc) is 2.56. The smallest absolute Gasteiger partial charge is 0.342 e. The van der Waals surface area contributed by atoms with Gasteiger partial charge in [-0.2, -0.15) is 0 Å². The third-order valence-corrected chi connectivity index (χ3v) is 4.32. The maximum Gasteiger partial charge on any atom is 0.342 e. The number of esters is 1. The number of carbonyl (C=O) groups excluding carboxylic acids is 1. The Labute approximate surface area is 148 Å². The van der Waals surface area contributed by atoms with Gasteiger partial charge in [-0.05, 0) is 46.1 Å². The van der Waals surface area contributed by atoms with E-state index in [4.69, 9.17) is 9.47 Å². The molecular weight excluding hydrogens is 320 g/mol. The van der Waals surface area contributed by atoms with Gasteiger partial charge in [0.05, 0.1) is 0 Å². The molecule has 0 unspecified atom stereocenters. The van der Waals surface area contributed by atoms with Crippen LogP contribution in [0.5, 0.6) is 11.5 Å². The summed E-state index contributed by atoms with van der Waals surface area (Å²) in [5, 5.41) is 21.1. The number of carbonyl (C=O) groups is 1. The van der Waals surface area contributed by atoms with E-state index in [0.717, 1.165) is 12.0 Å². The fourth-order valence-electron chi connectivity index (χ4n) is 3.04. The number of allylic oxidation sites excluding steroid dienone is 4. The third kappa shape index (κ3) is 4.04. The molecule has 2 N–H and O–H groups in total. The Morgan fingerprint density at radius 2 is 2.08 bits per heavy atom. The van der Waals surface area contributed by atoms with Crippen LogP contribution in [0.2, 0.25) is 0 Å². The van der Waals surface area contributed by atoms with E-state index < -0.39 is 18.2 Å². The van der Waals surface area contributed by atoms with Crippen LogP contribution in [-0.2, 0) is 15.9 Å². The lowest BCUT2D eigenvalue weighted by atomic mass is 9.89. The van der Waals surface area contributed by atoms with Crippen LogP contribution < -0.4 is 0 Å². The molecular formula is C20H26O5. The molecule has 1 aromatic carbocycles. The van der Waals surface area contributed by atoms with Gasteiger partial charge in [-0.25, -0.2) is 4.79 Å². The molecule has 2 atom stereocenters. The third-order valence-electron chi connectivity index (χ3n) is 4.32. The van der Waals surface area contributed by atoms with Crippen LogP contribution in [0.1, 0.15) is 61.2 Å². The molecule has 0 aliphatic carbocycles. The van der Waals surface area contributed by atoms with Gasteiger partial charge in [0.1, 0.15) is 29.3 Å². The summed E-state index contributed by atoms with van der Waals surface area (Å²) in [7, 11) is 1.50. The van der Waals surface area contributed by atoms with Crippen molar-refractivity contribution < 1.29 is 24.5 Å². The minimum atomic E-state index is -0.624. The van der Waals surface area contributed by atoms with E-state index in [1.807, 2.05) is 39.0 Å². The molecule has 25 heavy (non-hydrogen) atoms. The molecule has 0 saturated carbocycles. The highest BCUT2D eigenvalue weighted by Crippen LogP contribution is 2.44. The Morgan fingerprint density at radius 3 is 2.68 bits per heavy atom. The molecule has 1 aliphatic heterocycles. The molecule has 136 valence electrons. The lowest BCUT2D eigenvalue weighted by molar-refractivity contribution is -0.0504. The molecule has 0 fully saturated rings. The summed E-state index contributed by atoms with van der Waals surface area (Å²) < 4.78 is 11.0. The number of benzene rings is 1. The summed E-state index contributed by atoms with van der Waals surface area (Å²) in [5.41, 5.74) is 1.88. The van der Waals surface area contributed by atoms with Gasteiger partial charge in [-0.1, -0.05) is 23.8 Å². The van der Waals surface area contributed by atoms with Gasteiger partial charge in [0, 0.05) is 18.2 Å². The van der Waals surface area contributed by atoms with Gasteiger partial charge in [0.15, 0.2) is 0 Å². The molecule has 1 aromatic rings. The van der Waals surface area contributed by atoms with Gasteiger partial charge >= 0.3 is 5.97 Å². The first kappa shape index (κ1) is 19.1. The quantitative estimate of drug-likeness (QED) is 0.459. The molecule has 0 amide bonds. The van der Waals surface area contributed by atoms with Crippen molar-refractivity contribution in [2.45, 2.75) is 52.2 Å². The summed E-state index contributed by atoms with van der Waals surface area (Å²) in [4.78, 5) is 12.5. The molecule has 0 saturated heterocycles. The largest absolute Gasteiger partial charge is 0.508 e. The van der Waals surface area contributed by atoms with Crippen molar-refractivity contribution in [3.05, 3.63) is 46.6 Å². The van der Waals surface area contributed by atoms with E-state index in [0.29, 0.717) is 24.0 Å². The lowest BCUT2D eigenvalue weighted by Gasteiger charge is -2.33. The molecule has 2 rings (SSSR count). The van der Waals surface area contributed by atoms with Crippen molar-refractivity contribution in [2.75, 3.05) is 7.11 Å². The van der Waals surface area contributed by atoms with Crippen molar-refractivity contribution in [1.29, 1.82) is 0 Å². The average molecular weight is 346 g/mol. The van der Waals surface area contributed by atoms with Crippen molar-refractivity contribution in [3.63, 3.8) is 0 Å². The Morgan fingerprint density at radius 1 is 1.36 bits per heavy atom. The summed E-state index contributed by atoms with van der Waals surface area (Å²) >= 11 is 0. The van der Waals surface area contributed by atoms with Crippen LogP contribution in [0.25, 0.3) is 0 Å². The number of cyclic esters (lactones) is 1. The van der Waals surface area contributed by atoms with E-state index in [-0.39, 0.29) is 17.1 Å². The predicted octanol–water partition coefficient (Wildman–Crippen LogP) is 4.19. The number of methoxy groups -OCH3 is 1. The van der Waals surface area contributed by atoms with Gasteiger partial charge < -0.3 is 19.7 Å². The summed E-state index contributed by atoms with van der Waals surface area (Å²) in [5.74, 6) is -0.825. The molecule has 5 heteroatoms. The van der Waals surface area contributed by atoms with Crippen molar-refractivity contribution >= 4 is 5.97 Å². The Kier molecular flexibility index (Phi) is 6.26. The van der Waals surface area contributed by atoms with Crippen LogP contribution >= 0.6 is 0 Å². The van der Waals surface area contributed by atoms with Crippen LogP contribution in [0.15, 0.2) is 29.9 Å². The molecule has 1 aliphatic rings. The van der Waals surface area contributed by atoms with E-state index in [2.05, 4.69) is 0 Å². The zero-order valence-corrected chi connectivity index (χ0v) is 15.2. The monoisotopic (exact) mass is 346 g/mol. The van der Waals surface area contributed by atoms with E-state index in [9.17, 15) is 15.0 Å². The molecule has 0 bridgehead atoms. The minimum absolute atomic E-state index is 0.00582. The standard InChI is InChI=1S/C20H26O5/c1-5-6-7-8-15-19(24-4)16-14(21)11-13(10-9-12(2)3)18(22)17(16)20(23)25-15/h5-6,9,11,15,19,21-22H,7-8,10H2,1-4H3/b6-5+/t15-,19+/m0/s1. The number of rotatable bonds is 6. The van der Waals surface area contributed by atoms with Crippen LogP contribution in [0.4, 0.5) is 0 Å². The second kappa shape index (κ2) is 8.21. The Bertz CT molecular complexity index is 699. The second-order valence-electron chi connectivity index (χ2n) is 6.42. The SMILES string of the molecule is C/C=C/CC[C@@H]1OC(=O)c2c(O)c(CC=C(C)C)cc(O)c2[C@@H]1OC. The van der Waals surface area contributed by atoms with E-state index in [1.54, 1.807) is 0 Å². The van der Waals surface area contributed by atoms with Gasteiger partial charge in [-0.15, -0.1) is 0 Å². The van der Waals surface area contributed by atoms with Gasteiger partial charge in [0.25, 0.3) is 0 Å². The Balaban J connectivity index is 2.46. The number of hydrogen-bond acceptors (Lipinski definition) is 5. The van der Waals surface area contributed by atoms with Crippen molar-refractivity contribution in [3.8, 4) is 11.5 Å². The van der Waals surface area contributed by atoms with Crippen molar-refractivity contribution in [2.24, 2.45) is 0 Å². The summed E-state index contributed by atoms with van der Waals surface area (Å²) in [6.07, 6.45) is 6.45. The number of phenolic OH excluding ortho intramolecular Hbond substituents is 2. The van der Waals surface area contributed by atoms with Gasteiger partial charge in [-0.3, -0.25) is 0 Å². The van der Waals surface area contributed by atoms with Gasteiger partial charge in [0.2, 0.25) is 0 Å². The highest BCUT2D eigenvalue weighted by Gasteiger charge is 2.40. The minimum Gasteiger partial charge on any atom is -0.508 e. The zero-order valence-electron chi connectivity index (χ0n) is 15.2. The molecule has 0 aromatic heterocycles. The lowest BCUT2D eigenvalue weighted by Crippen LogP contribution is -2.33. The molecule has 5 nitrogen and oxygen atoms in total. The topological polar surface area (TPSA) is 76.0 Å². The number of aromatic hydroxyl groups is 2. The maximum atomic E-state index is 12.5. The fourth-order valence-corrected chi connectivity index (χ4v) is 3.04. The molecule has 0 radical (unpaired) electrons. The molecule has 1 heterocycles. The highest BCUT2D eigenvalue weighted by atomic mass is 16.6. The van der Waals surface area contributed by atoms with E-state index >= 15 is 0 Å². The van der Waals surface area contributed by atoms with Crippen LogP contribution in [-0.4, -0.2) is 29.4 Å². The second-order valence-corrected chi connectivity index (χ2v) is 6.42. The number of fused-ring (bicyclic) bond motifs is 1. The zero-order chi connectivity index (χ0) is 18.6. The van der Waals surface area contributed by atoms with Crippen molar-refractivity contribution in [1.82, 2.24) is 0 Å². The van der Waals surface area contributed by atoms with Crippen LogP contribution in [0.3, 0.4) is 0 Å². The first-order valence-corrected chi connectivity index (χ1v) is 8.46. The first-order valence-electron chi connectivity index (χ1n) is 8.46. The Hall–Kier alpha value is -2.27. The number of phenols is 2. The fraction of sp³-hybridized carbons (Fsp3) is 0.450.